The topological polar surface area (TPSA) is 110 Å². The van der Waals surface area contributed by atoms with Crippen LogP contribution in [0.2, 0.25) is 5.02 Å². The van der Waals surface area contributed by atoms with E-state index in [0.29, 0.717) is 48.2 Å². The third kappa shape index (κ3) is 5.00. The molecule has 35 heavy (non-hydrogen) atoms. The van der Waals surface area contributed by atoms with Gasteiger partial charge >= 0.3 is 0 Å². The number of halogens is 1. The SMILES string of the molecule is CC(Nc1ncnc2cccnc12)c1cc2cccc(Cl)c2c(OC2CCN(S(C)(=O)=O)CC2)n1. The second-order valence-corrected chi connectivity index (χ2v) is 11.0. The third-order valence-corrected chi connectivity index (χ3v) is 7.75. The number of fused-ring (bicyclic) bond motifs is 2. The molecular weight excluding hydrogens is 488 g/mol. The summed E-state index contributed by atoms with van der Waals surface area (Å²) in [6.07, 6.45) is 5.45. The fourth-order valence-electron chi connectivity index (χ4n) is 4.28. The van der Waals surface area contributed by atoms with Gasteiger partial charge in [-0.2, -0.15) is 0 Å². The zero-order chi connectivity index (χ0) is 24.6. The molecule has 1 aliphatic heterocycles. The van der Waals surface area contributed by atoms with Gasteiger partial charge in [-0.05, 0) is 49.4 Å². The van der Waals surface area contributed by atoms with Crippen LogP contribution in [-0.4, -0.2) is 58.1 Å². The lowest BCUT2D eigenvalue weighted by molar-refractivity contribution is 0.132. The molecule has 0 spiro atoms. The number of sulfonamides is 1. The molecule has 1 fully saturated rings. The molecule has 0 aliphatic carbocycles. The van der Waals surface area contributed by atoms with E-state index in [1.54, 1.807) is 6.20 Å². The summed E-state index contributed by atoms with van der Waals surface area (Å²) in [5.41, 5.74) is 2.19. The van der Waals surface area contributed by atoms with Crippen LogP contribution < -0.4 is 10.1 Å². The van der Waals surface area contributed by atoms with Crippen molar-refractivity contribution in [1.82, 2.24) is 24.2 Å². The summed E-state index contributed by atoms with van der Waals surface area (Å²) >= 11 is 6.54. The maximum atomic E-state index is 11.9. The first-order valence-corrected chi connectivity index (χ1v) is 13.6. The van der Waals surface area contributed by atoms with Crippen LogP contribution in [0.15, 0.2) is 48.9 Å². The smallest absolute Gasteiger partial charge is 0.223 e. The number of anilines is 1. The van der Waals surface area contributed by atoms with Crippen molar-refractivity contribution in [3.05, 3.63) is 59.6 Å². The van der Waals surface area contributed by atoms with Gasteiger partial charge in [0.2, 0.25) is 15.9 Å². The molecule has 0 amide bonds. The highest BCUT2D eigenvalue weighted by Crippen LogP contribution is 2.35. The van der Waals surface area contributed by atoms with Crippen LogP contribution in [0.3, 0.4) is 0 Å². The molecule has 182 valence electrons. The van der Waals surface area contributed by atoms with Crippen molar-refractivity contribution >= 4 is 49.2 Å². The highest BCUT2D eigenvalue weighted by atomic mass is 35.5. The van der Waals surface area contributed by atoms with Crippen molar-refractivity contribution < 1.29 is 13.2 Å². The van der Waals surface area contributed by atoms with Crippen LogP contribution in [0.5, 0.6) is 5.88 Å². The molecule has 11 heteroatoms. The van der Waals surface area contributed by atoms with Crippen molar-refractivity contribution in [2.75, 3.05) is 24.7 Å². The Labute approximate surface area is 208 Å². The Bertz CT molecular complexity index is 1490. The molecular formula is C24H25ClN6O3S. The highest BCUT2D eigenvalue weighted by Gasteiger charge is 2.27. The zero-order valence-corrected chi connectivity index (χ0v) is 20.9. The predicted octanol–water partition coefficient (Wildman–Crippen LogP) is 4.20. The van der Waals surface area contributed by atoms with Gasteiger partial charge in [-0.1, -0.05) is 23.7 Å². The number of aromatic nitrogens is 4. The summed E-state index contributed by atoms with van der Waals surface area (Å²) in [7, 11) is -3.21. The molecule has 1 atom stereocenters. The number of ether oxygens (including phenoxy) is 1. The first kappa shape index (κ1) is 23.7. The van der Waals surface area contributed by atoms with E-state index < -0.39 is 10.0 Å². The van der Waals surface area contributed by atoms with Crippen molar-refractivity contribution in [3.8, 4) is 5.88 Å². The van der Waals surface area contributed by atoms with E-state index in [4.69, 9.17) is 21.3 Å². The Morgan fingerprint density at radius 3 is 2.71 bits per heavy atom. The van der Waals surface area contributed by atoms with Gasteiger partial charge in [0.25, 0.3) is 0 Å². The van der Waals surface area contributed by atoms with E-state index in [0.717, 1.165) is 22.0 Å². The van der Waals surface area contributed by atoms with Gasteiger partial charge < -0.3 is 10.1 Å². The number of nitrogens with zero attached hydrogens (tertiary/aromatic N) is 5. The van der Waals surface area contributed by atoms with E-state index in [1.165, 1.54) is 16.9 Å². The maximum absolute atomic E-state index is 11.9. The average Bonchev–Trinajstić information content (AvgIpc) is 2.84. The molecule has 3 aromatic heterocycles. The molecule has 0 radical (unpaired) electrons. The van der Waals surface area contributed by atoms with Crippen LogP contribution in [0.25, 0.3) is 21.8 Å². The summed E-state index contributed by atoms with van der Waals surface area (Å²) in [5, 5.41) is 5.60. The molecule has 1 aromatic carbocycles. The second kappa shape index (κ2) is 9.52. The Kier molecular flexibility index (Phi) is 6.43. The van der Waals surface area contributed by atoms with Crippen LogP contribution in [0.1, 0.15) is 31.5 Å². The largest absolute Gasteiger partial charge is 0.474 e. The summed E-state index contributed by atoms with van der Waals surface area (Å²) in [4.78, 5) is 17.9. The minimum Gasteiger partial charge on any atom is -0.474 e. The van der Waals surface area contributed by atoms with Crippen LogP contribution in [-0.2, 0) is 10.0 Å². The van der Waals surface area contributed by atoms with Gasteiger partial charge in [0.15, 0.2) is 5.82 Å². The maximum Gasteiger partial charge on any atom is 0.223 e. The fraction of sp³-hybridized carbons (Fsp3) is 0.333. The van der Waals surface area contributed by atoms with Gasteiger partial charge in [-0.3, -0.25) is 4.98 Å². The molecule has 0 saturated carbocycles. The molecule has 5 rings (SSSR count). The summed E-state index contributed by atoms with van der Waals surface area (Å²) in [6.45, 7) is 2.82. The minimum absolute atomic E-state index is 0.159. The molecule has 0 bridgehead atoms. The Hall–Kier alpha value is -3.08. The quantitative estimate of drug-likeness (QED) is 0.409. The van der Waals surface area contributed by atoms with E-state index in [1.807, 2.05) is 43.3 Å². The van der Waals surface area contributed by atoms with Crippen molar-refractivity contribution in [3.63, 3.8) is 0 Å². The summed E-state index contributed by atoms with van der Waals surface area (Å²) in [5.74, 6) is 1.06. The average molecular weight is 513 g/mol. The molecule has 4 aromatic rings. The van der Waals surface area contributed by atoms with Gasteiger partial charge in [-0.15, -0.1) is 0 Å². The summed E-state index contributed by atoms with van der Waals surface area (Å²) in [6, 6.07) is 11.2. The second-order valence-electron chi connectivity index (χ2n) is 8.63. The number of hydrogen-bond donors (Lipinski definition) is 1. The Balaban J connectivity index is 1.45. The zero-order valence-electron chi connectivity index (χ0n) is 19.3. The lowest BCUT2D eigenvalue weighted by atomic mass is 10.1. The molecule has 1 N–H and O–H groups in total. The van der Waals surface area contributed by atoms with Crippen molar-refractivity contribution in [2.24, 2.45) is 0 Å². The van der Waals surface area contributed by atoms with Gasteiger partial charge in [-0.25, -0.2) is 27.7 Å². The van der Waals surface area contributed by atoms with E-state index in [9.17, 15) is 8.42 Å². The summed E-state index contributed by atoms with van der Waals surface area (Å²) < 4.78 is 31.5. The third-order valence-electron chi connectivity index (χ3n) is 6.13. The number of piperidine rings is 1. The lowest BCUT2D eigenvalue weighted by Gasteiger charge is -2.30. The number of nitrogens with one attached hydrogen (secondary N) is 1. The van der Waals surface area contributed by atoms with E-state index in [2.05, 4.69) is 20.3 Å². The molecule has 4 heterocycles. The molecule has 1 saturated heterocycles. The van der Waals surface area contributed by atoms with Crippen LogP contribution in [0.4, 0.5) is 5.82 Å². The first-order chi connectivity index (χ1) is 16.8. The molecule has 1 unspecified atom stereocenters. The first-order valence-electron chi connectivity index (χ1n) is 11.3. The minimum atomic E-state index is -3.21. The number of pyridine rings is 2. The molecule has 1 aliphatic rings. The predicted molar refractivity (Wildman–Crippen MR) is 136 cm³/mol. The Morgan fingerprint density at radius 2 is 1.94 bits per heavy atom. The lowest BCUT2D eigenvalue weighted by Crippen LogP contribution is -2.41. The van der Waals surface area contributed by atoms with Gasteiger partial charge in [0.1, 0.15) is 17.9 Å². The molecule has 9 nitrogen and oxygen atoms in total. The van der Waals surface area contributed by atoms with Crippen LogP contribution >= 0.6 is 11.6 Å². The van der Waals surface area contributed by atoms with Crippen molar-refractivity contribution in [1.29, 1.82) is 0 Å². The van der Waals surface area contributed by atoms with Crippen molar-refractivity contribution in [2.45, 2.75) is 31.9 Å². The van der Waals surface area contributed by atoms with E-state index >= 15 is 0 Å². The normalized spacial score (nSPS) is 16.4. The standard InChI is InChI=1S/C24H25ClN6O3S/c1-15(29-23-22-19(27-14-28-23)7-4-10-26-22)20-13-16-5-3-6-18(25)21(16)24(30-20)34-17-8-11-31(12-9-17)35(2,32)33/h3-7,10,13-15,17H,8-9,11-12H2,1-2H3,(H,27,28,29). The highest BCUT2D eigenvalue weighted by molar-refractivity contribution is 7.88. The van der Waals surface area contributed by atoms with Crippen LogP contribution in [0, 0.1) is 0 Å². The van der Waals surface area contributed by atoms with Gasteiger partial charge in [0.05, 0.1) is 33.9 Å². The number of benzene rings is 1. The Morgan fingerprint density at radius 1 is 1.14 bits per heavy atom. The number of rotatable bonds is 6. The fourth-order valence-corrected chi connectivity index (χ4v) is 5.41. The monoisotopic (exact) mass is 512 g/mol. The van der Waals surface area contributed by atoms with Gasteiger partial charge in [0, 0.05) is 19.3 Å². The van der Waals surface area contributed by atoms with E-state index in [-0.39, 0.29) is 12.1 Å². The number of hydrogen-bond acceptors (Lipinski definition) is 8.